The molecule has 138 valence electrons. The first-order valence-electron chi connectivity index (χ1n) is 8.91. The second kappa shape index (κ2) is 7.70. The Hall–Kier alpha value is -2.67. The first-order chi connectivity index (χ1) is 12.5. The van der Waals surface area contributed by atoms with E-state index in [0.717, 1.165) is 48.7 Å². The molecule has 0 aliphatic carbocycles. The number of carbonyl (C=O) groups is 1. The van der Waals surface area contributed by atoms with E-state index in [1.807, 2.05) is 19.1 Å². The van der Waals surface area contributed by atoms with Gasteiger partial charge in [0.15, 0.2) is 0 Å². The summed E-state index contributed by atoms with van der Waals surface area (Å²) in [5, 5.41) is 6.86. The van der Waals surface area contributed by atoms with Crippen molar-refractivity contribution in [1.82, 2.24) is 14.7 Å². The summed E-state index contributed by atoms with van der Waals surface area (Å²) >= 11 is 0. The molecule has 3 rings (SSSR count). The predicted molar refractivity (Wildman–Crippen MR) is 103 cm³/mol. The van der Waals surface area contributed by atoms with Gasteiger partial charge in [0.2, 0.25) is 0 Å². The first kappa shape index (κ1) is 18.1. The maximum absolute atomic E-state index is 12.4. The highest BCUT2D eigenvalue weighted by molar-refractivity contribution is 6.03. The van der Waals surface area contributed by atoms with Gasteiger partial charge in [0.1, 0.15) is 5.69 Å². The molecule has 0 radical (unpaired) electrons. The van der Waals surface area contributed by atoms with Crippen molar-refractivity contribution in [3.8, 4) is 0 Å². The lowest BCUT2D eigenvalue weighted by Gasteiger charge is -2.35. The number of aryl methyl sites for hydroxylation is 2. The van der Waals surface area contributed by atoms with Gasteiger partial charge in [-0.05, 0) is 43.3 Å². The monoisotopic (exact) mass is 355 g/mol. The minimum Gasteiger partial charge on any atom is -0.369 e. The van der Waals surface area contributed by atoms with Crippen molar-refractivity contribution in [2.45, 2.75) is 13.8 Å². The van der Waals surface area contributed by atoms with Crippen LogP contribution in [-0.4, -0.2) is 53.3 Å². The molecule has 0 saturated carbocycles. The number of benzene rings is 1. The molecule has 26 heavy (non-hydrogen) atoms. The molecule has 0 spiro atoms. The largest absolute Gasteiger partial charge is 0.369 e. The molecule has 1 N–H and O–H groups in total. The van der Waals surface area contributed by atoms with Crippen LogP contribution in [0.5, 0.6) is 0 Å². The average molecular weight is 355 g/mol. The predicted octanol–water partition coefficient (Wildman–Crippen LogP) is 1.48. The van der Waals surface area contributed by atoms with Crippen LogP contribution in [0.1, 0.15) is 23.0 Å². The van der Waals surface area contributed by atoms with Crippen LogP contribution in [0.25, 0.3) is 0 Å². The maximum atomic E-state index is 12.4. The Kier molecular flexibility index (Phi) is 5.37. The van der Waals surface area contributed by atoms with Crippen molar-refractivity contribution in [2.75, 3.05) is 42.9 Å². The molecule has 7 nitrogen and oxygen atoms in total. The Morgan fingerprint density at radius 3 is 2.50 bits per heavy atom. The van der Waals surface area contributed by atoms with Crippen LogP contribution in [0, 0.1) is 6.92 Å². The third-order valence-electron chi connectivity index (χ3n) is 4.84. The van der Waals surface area contributed by atoms with Crippen molar-refractivity contribution < 1.29 is 4.79 Å². The fraction of sp³-hybridized carbons (Fsp3) is 0.421. The molecule has 1 aliphatic heterocycles. The highest BCUT2D eigenvalue weighted by atomic mass is 16.2. The summed E-state index contributed by atoms with van der Waals surface area (Å²) in [6.45, 7) is 9.45. The fourth-order valence-electron chi connectivity index (χ4n) is 3.12. The van der Waals surface area contributed by atoms with Crippen LogP contribution < -0.4 is 15.8 Å². The Bertz CT molecular complexity index is 853. The van der Waals surface area contributed by atoms with Gasteiger partial charge in [0.05, 0.1) is 0 Å². The average Bonchev–Trinajstić information content (AvgIpc) is 2.65. The number of piperazine rings is 1. The molecular weight excluding hydrogens is 330 g/mol. The van der Waals surface area contributed by atoms with Crippen molar-refractivity contribution in [2.24, 2.45) is 7.05 Å². The standard InChI is InChI=1S/C19H25N5O2/c1-4-23-9-11-24(12-10-23)15-5-6-16(14(2)13-15)20-19(26)17-7-8-18(25)22(3)21-17/h5-8,13H,4,9-12H2,1-3H3,(H,20,26). The number of amides is 1. The number of likely N-dealkylation sites (N-methyl/N-ethyl adjacent to an activating group) is 1. The lowest BCUT2D eigenvalue weighted by Crippen LogP contribution is -2.46. The normalized spacial score (nSPS) is 15.1. The Morgan fingerprint density at radius 2 is 1.88 bits per heavy atom. The number of carbonyl (C=O) groups excluding carboxylic acids is 1. The number of aromatic nitrogens is 2. The molecule has 1 amide bonds. The van der Waals surface area contributed by atoms with Crippen molar-refractivity contribution in [1.29, 1.82) is 0 Å². The highest BCUT2D eigenvalue weighted by Gasteiger charge is 2.17. The number of nitrogens with zero attached hydrogens (tertiary/aromatic N) is 4. The Balaban J connectivity index is 1.70. The smallest absolute Gasteiger partial charge is 0.276 e. The molecule has 1 aromatic carbocycles. The molecule has 2 heterocycles. The van der Waals surface area contributed by atoms with E-state index in [1.165, 1.54) is 24.9 Å². The Labute approximate surface area is 153 Å². The summed E-state index contributed by atoms with van der Waals surface area (Å²) in [7, 11) is 1.53. The van der Waals surface area contributed by atoms with E-state index in [-0.39, 0.29) is 17.2 Å². The molecule has 0 unspecified atom stereocenters. The number of hydrogen-bond donors (Lipinski definition) is 1. The molecule has 0 atom stereocenters. The molecule has 1 aromatic heterocycles. The van der Waals surface area contributed by atoms with Gasteiger partial charge in [0.25, 0.3) is 11.5 Å². The number of hydrogen-bond acceptors (Lipinski definition) is 5. The highest BCUT2D eigenvalue weighted by Crippen LogP contribution is 2.24. The SMILES string of the molecule is CCN1CCN(c2ccc(NC(=O)c3ccc(=O)n(C)n3)c(C)c2)CC1. The number of anilines is 2. The molecule has 0 bridgehead atoms. The van der Waals surface area contributed by atoms with Crippen LogP contribution in [0.15, 0.2) is 35.1 Å². The number of nitrogens with one attached hydrogen (secondary N) is 1. The van der Waals surface area contributed by atoms with Gasteiger partial charge in [-0.1, -0.05) is 6.92 Å². The third-order valence-corrected chi connectivity index (χ3v) is 4.84. The summed E-state index contributed by atoms with van der Waals surface area (Å²) in [6, 6.07) is 8.85. The first-order valence-corrected chi connectivity index (χ1v) is 8.91. The molecule has 2 aromatic rings. The van der Waals surface area contributed by atoms with Crippen LogP contribution in [-0.2, 0) is 7.05 Å². The second-order valence-corrected chi connectivity index (χ2v) is 6.56. The second-order valence-electron chi connectivity index (χ2n) is 6.56. The summed E-state index contributed by atoms with van der Waals surface area (Å²) in [4.78, 5) is 28.6. The van der Waals surface area contributed by atoms with E-state index < -0.39 is 0 Å². The molecule has 1 aliphatic rings. The lowest BCUT2D eigenvalue weighted by molar-refractivity contribution is 0.102. The summed E-state index contributed by atoms with van der Waals surface area (Å²) in [5.41, 5.74) is 2.90. The number of rotatable bonds is 4. The maximum Gasteiger partial charge on any atom is 0.276 e. The van der Waals surface area contributed by atoms with E-state index >= 15 is 0 Å². The van der Waals surface area contributed by atoms with Gasteiger partial charge in [-0.25, -0.2) is 4.68 Å². The van der Waals surface area contributed by atoms with Gasteiger partial charge in [0, 0.05) is 50.7 Å². The molecular formula is C19H25N5O2. The third kappa shape index (κ3) is 3.94. The van der Waals surface area contributed by atoms with Crippen molar-refractivity contribution in [3.05, 3.63) is 51.9 Å². The summed E-state index contributed by atoms with van der Waals surface area (Å²) in [6.07, 6.45) is 0. The molecule has 1 saturated heterocycles. The zero-order valence-corrected chi connectivity index (χ0v) is 15.5. The van der Waals surface area contributed by atoms with E-state index in [0.29, 0.717) is 0 Å². The minimum absolute atomic E-state index is 0.214. The van der Waals surface area contributed by atoms with Gasteiger partial charge in [-0.3, -0.25) is 9.59 Å². The van der Waals surface area contributed by atoms with Gasteiger partial charge in [-0.2, -0.15) is 5.10 Å². The van der Waals surface area contributed by atoms with E-state index in [2.05, 4.69) is 33.2 Å². The fourth-order valence-corrected chi connectivity index (χ4v) is 3.12. The van der Waals surface area contributed by atoms with Gasteiger partial charge >= 0.3 is 0 Å². The zero-order chi connectivity index (χ0) is 18.7. The Morgan fingerprint density at radius 1 is 1.15 bits per heavy atom. The molecule has 7 heteroatoms. The minimum atomic E-state index is -0.326. The van der Waals surface area contributed by atoms with Crippen LogP contribution in [0.4, 0.5) is 11.4 Å². The quantitative estimate of drug-likeness (QED) is 0.900. The van der Waals surface area contributed by atoms with Gasteiger partial charge < -0.3 is 15.1 Å². The van der Waals surface area contributed by atoms with Crippen molar-refractivity contribution >= 4 is 17.3 Å². The summed E-state index contributed by atoms with van der Waals surface area (Å²) in [5.74, 6) is -0.326. The lowest BCUT2D eigenvalue weighted by atomic mass is 10.1. The van der Waals surface area contributed by atoms with Crippen molar-refractivity contribution in [3.63, 3.8) is 0 Å². The van der Waals surface area contributed by atoms with E-state index in [1.54, 1.807) is 0 Å². The van der Waals surface area contributed by atoms with E-state index in [4.69, 9.17) is 0 Å². The van der Waals surface area contributed by atoms with Crippen LogP contribution in [0.2, 0.25) is 0 Å². The zero-order valence-electron chi connectivity index (χ0n) is 15.5. The van der Waals surface area contributed by atoms with Crippen LogP contribution in [0.3, 0.4) is 0 Å². The van der Waals surface area contributed by atoms with Crippen LogP contribution >= 0.6 is 0 Å². The van der Waals surface area contributed by atoms with E-state index in [9.17, 15) is 9.59 Å². The molecule has 1 fully saturated rings. The topological polar surface area (TPSA) is 70.5 Å². The van der Waals surface area contributed by atoms with Gasteiger partial charge in [-0.15, -0.1) is 0 Å². The summed E-state index contributed by atoms with van der Waals surface area (Å²) < 4.78 is 1.15.